The predicted octanol–water partition coefficient (Wildman–Crippen LogP) is 1.77. The molecule has 0 saturated carbocycles. The predicted molar refractivity (Wildman–Crippen MR) is 63.7 cm³/mol. The molecule has 0 aliphatic rings. The van der Waals surface area contributed by atoms with Gasteiger partial charge in [0.2, 0.25) is 10.0 Å². The van der Waals surface area contributed by atoms with E-state index in [1.54, 1.807) is 23.5 Å². The summed E-state index contributed by atoms with van der Waals surface area (Å²) in [7, 11) is -3.61. The Morgan fingerprint density at radius 2 is 1.88 bits per heavy atom. The van der Waals surface area contributed by atoms with Gasteiger partial charge in [0.1, 0.15) is 0 Å². The molecule has 1 aromatic heterocycles. The number of rotatable bonds is 2. The molecule has 84 valence electrons. The number of nitrogens with zero attached hydrogens (tertiary/aromatic N) is 1. The molecule has 6 heteroatoms. The van der Waals surface area contributed by atoms with Crippen molar-refractivity contribution in [1.29, 1.82) is 0 Å². The van der Waals surface area contributed by atoms with Crippen LogP contribution in [0.15, 0.2) is 34.5 Å². The smallest absolute Gasteiger partial charge is 0.238 e. The molecule has 0 saturated heterocycles. The lowest BCUT2D eigenvalue weighted by atomic mass is 10.2. The quantitative estimate of drug-likeness (QED) is 0.887. The van der Waals surface area contributed by atoms with Crippen LogP contribution in [0.25, 0.3) is 11.3 Å². The van der Waals surface area contributed by atoms with Gasteiger partial charge >= 0.3 is 0 Å². The Hall–Kier alpha value is -1.24. The highest BCUT2D eigenvalue weighted by molar-refractivity contribution is 7.89. The molecule has 1 aromatic carbocycles. The van der Waals surface area contributed by atoms with Gasteiger partial charge in [-0.1, -0.05) is 12.1 Å². The molecule has 0 fully saturated rings. The molecule has 4 nitrogen and oxygen atoms in total. The van der Waals surface area contributed by atoms with Crippen molar-refractivity contribution in [2.75, 3.05) is 0 Å². The van der Waals surface area contributed by atoms with E-state index in [0.717, 1.165) is 16.3 Å². The van der Waals surface area contributed by atoms with Gasteiger partial charge in [-0.2, -0.15) is 0 Å². The highest BCUT2D eigenvalue weighted by atomic mass is 32.2. The minimum atomic E-state index is -3.61. The second kappa shape index (κ2) is 3.97. The van der Waals surface area contributed by atoms with E-state index in [4.69, 9.17) is 5.14 Å². The molecule has 0 aliphatic heterocycles. The van der Waals surface area contributed by atoms with Crippen LogP contribution in [0.3, 0.4) is 0 Å². The number of hydrogen-bond donors (Lipinski definition) is 1. The van der Waals surface area contributed by atoms with E-state index in [9.17, 15) is 8.42 Å². The summed E-state index contributed by atoms with van der Waals surface area (Å²) in [5.74, 6) is 0. The number of nitrogens with two attached hydrogens (primary N) is 1. The molecular formula is C10H10N2O2S2. The Morgan fingerprint density at radius 1 is 1.25 bits per heavy atom. The van der Waals surface area contributed by atoms with E-state index >= 15 is 0 Å². The van der Waals surface area contributed by atoms with Crippen LogP contribution in [0, 0.1) is 6.92 Å². The maximum absolute atomic E-state index is 11.0. The topological polar surface area (TPSA) is 73.0 Å². The largest absolute Gasteiger partial charge is 0.242 e. The van der Waals surface area contributed by atoms with Crippen LogP contribution in [0.4, 0.5) is 0 Å². The van der Waals surface area contributed by atoms with Crippen molar-refractivity contribution in [2.24, 2.45) is 5.14 Å². The van der Waals surface area contributed by atoms with Crippen molar-refractivity contribution in [2.45, 2.75) is 11.8 Å². The summed E-state index contributed by atoms with van der Waals surface area (Å²) in [5.41, 5.74) is 1.74. The molecule has 0 spiro atoms. The molecule has 2 rings (SSSR count). The first-order valence-electron chi connectivity index (χ1n) is 4.52. The second-order valence-electron chi connectivity index (χ2n) is 3.32. The number of benzene rings is 1. The molecule has 16 heavy (non-hydrogen) atoms. The Kier molecular flexibility index (Phi) is 2.79. The molecule has 0 atom stereocenters. The number of aryl methyl sites for hydroxylation is 1. The van der Waals surface area contributed by atoms with E-state index in [-0.39, 0.29) is 4.90 Å². The van der Waals surface area contributed by atoms with Crippen LogP contribution >= 0.6 is 11.3 Å². The fourth-order valence-electron chi connectivity index (χ4n) is 1.31. The lowest BCUT2D eigenvalue weighted by Gasteiger charge is -1.99. The van der Waals surface area contributed by atoms with Crippen LogP contribution in [0.5, 0.6) is 0 Å². The molecule has 2 N–H and O–H groups in total. The van der Waals surface area contributed by atoms with Gasteiger partial charge in [-0.05, 0) is 19.1 Å². The Balaban J connectivity index is 2.40. The molecule has 0 radical (unpaired) electrons. The van der Waals surface area contributed by atoms with Crippen molar-refractivity contribution < 1.29 is 8.42 Å². The first-order valence-corrected chi connectivity index (χ1v) is 6.95. The third kappa shape index (κ3) is 2.29. The normalized spacial score (nSPS) is 11.6. The fourth-order valence-corrected chi connectivity index (χ4v) is 2.45. The van der Waals surface area contributed by atoms with Gasteiger partial charge < -0.3 is 0 Å². The lowest BCUT2D eigenvalue weighted by Crippen LogP contribution is -2.11. The Bertz CT molecular complexity index is 600. The minimum Gasteiger partial charge on any atom is -0.242 e. The van der Waals surface area contributed by atoms with Gasteiger partial charge in [0, 0.05) is 10.9 Å². The zero-order chi connectivity index (χ0) is 11.8. The molecule has 2 aromatic rings. The van der Waals surface area contributed by atoms with Crippen LogP contribution in [-0.4, -0.2) is 13.4 Å². The van der Waals surface area contributed by atoms with Crippen LogP contribution in [0.1, 0.15) is 5.01 Å². The van der Waals surface area contributed by atoms with E-state index in [0.29, 0.717) is 0 Å². The van der Waals surface area contributed by atoms with Gasteiger partial charge in [0.15, 0.2) is 0 Å². The molecule has 0 aliphatic carbocycles. The van der Waals surface area contributed by atoms with Gasteiger partial charge in [0.05, 0.1) is 15.6 Å². The summed E-state index contributed by atoms with van der Waals surface area (Å²) in [6, 6.07) is 6.38. The number of sulfonamides is 1. The molecule has 0 unspecified atom stereocenters. The van der Waals surface area contributed by atoms with E-state index in [1.807, 2.05) is 12.3 Å². The lowest BCUT2D eigenvalue weighted by molar-refractivity contribution is 0.598. The average molecular weight is 254 g/mol. The van der Waals surface area contributed by atoms with E-state index in [2.05, 4.69) is 4.98 Å². The van der Waals surface area contributed by atoms with Crippen molar-refractivity contribution in [3.63, 3.8) is 0 Å². The average Bonchev–Trinajstić information content (AvgIpc) is 2.64. The third-order valence-electron chi connectivity index (χ3n) is 2.10. The van der Waals surface area contributed by atoms with Crippen molar-refractivity contribution in [3.8, 4) is 11.3 Å². The summed E-state index contributed by atoms with van der Waals surface area (Å²) in [4.78, 5) is 4.42. The standard InChI is InChI=1S/C10H10N2O2S2/c1-7-12-10(6-15-7)8-2-4-9(5-3-8)16(11,13)14/h2-6H,1H3,(H2,11,13,14). The van der Waals surface area contributed by atoms with Crippen LogP contribution in [-0.2, 0) is 10.0 Å². The SMILES string of the molecule is Cc1nc(-c2ccc(S(N)(=O)=O)cc2)cs1. The Morgan fingerprint density at radius 3 is 2.31 bits per heavy atom. The maximum Gasteiger partial charge on any atom is 0.238 e. The molecule has 0 bridgehead atoms. The molecular weight excluding hydrogens is 244 g/mol. The number of aromatic nitrogens is 1. The molecule has 1 heterocycles. The van der Waals surface area contributed by atoms with Crippen molar-refractivity contribution in [1.82, 2.24) is 4.98 Å². The van der Waals surface area contributed by atoms with Gasteiger partial charge in [-0.25, -0.2) is 18.5 Å². The molecule has 0 amide bonds. The first kappa shape index (κ1) is 11.3. The van der Waals surface area contributed by atoms with Gasteiger partial charge in [0.25, 0.3) is 0 Å². The summed E-state index contributed by atoms with van der Waals surface area (Å²) in [6.45, 7) is 1.92. The number of thiazole rings is 1. The number of primary sulfonamides is 1. The van der Waals surface area contributed by atoms with E-state index in [1.165, 1.54) is 12.1 Å². The minimum absolute atomic E-state index is 0.114. The fraction of sp³-hybridized carbons (Fsp3) is 0.100. The second-order valence-corrected chi connectivity index (χ2v) is 5.94. The Labute approximate surface area is 97.8 Å². The monoisotopic (exact) mass is 254 g/mol. The summed E-state index contributed by atoms with van der Waals surface area (Å²) < 4.78 is 22.1. The zero-order valence-corrected chi connectivity index (χ0v) is 10.2. The first-order chi connectivity index (χ1) is 7.47. The number of hydrogen-bond acceptors (Lipinski definition) is 4. The van der Waals surface area contributed by atoms with Crippen molar-refractivity contribution in [3.05, 3.63) is 34.7 Å². The maximum atomic E-state index is 11.0. The van der Waals surface area contributed by atoms with E-state index < -0.39 is 10.0 Å². The van der Waals surface area contributed by atoms with Crippen molar-refractivity contribution >= 4 is 21.4 Å². The zero-order valence-electron chi connectivity index (χ0n) is 8.54. The highest BCUT2D eigenvalue weighted by Gasteiger charge is 2.08. The van der Waals surface area contributed by atoms with Crippen LogP contribution < -0.4 is 5.14 Å². The van der Waals surface area contributed by atoms with Crippen LogP contribution in [0.2, 0.25) is 0 Å². The van der Waals surface area contributed by atoms with Gasteiger partial charge in [-0.3, -0.25) is 0 Å². The van der Waals surface area contributed by atoms with Gasteiger partial charge in [-0.15, -0.1) is 11.3 Å². The summed E-state index contributed by atoms with van der Waals surface area (Å²) in [6.07, 6.45) is 0. The highest BCUT2D eigenvalue weighted by Crippen LogP contribution is 2.22. The summed E-state index contributed by atoms with van der Waals surface area (Å²) in [5, 5.41) is 7.92. The third-order valence-corrected chi connectivity index (χ3v) is 3.80. The summed E-state index contributed by atoms with van der Waals surface area (Å²) >= 11 is 1.55.